The molecule has 0 aromatic rings. The van der Waals surface area contributed by atoms with Crippen molar-refractivity contribution in [3.63, 3.8) is 0 Å². The van der Waals surface area contributed by atoms with E-state index in [1.165, 1.54) is 32.1 Å². The fourth-order valence-electron chi connectivity index (χ4n) is 6.92. The van der Waals surface area contributed by atoms with E-state index in [9.17, 15) is 19.0 Å². The molecular formula is C62H102NO8P. The zero-order chi connectivity index (χ0) is 52.7. The summed E-state index contributed by atoms with van der Waals surface area (Å²) in [6.45, 7) is 3.95. The molecule has 0 aromatic carbocycles. The first kappa shape index (κ1) is 68.2. The fourth-order valence-corrected chi connectivity index (χ4v) is 7.65. The van der Waals surface area contributed by atoms with Gasteiger partial charge in [0.15, 0.2) is 6.10 Å². The van der Waals surface area contributed by atoms with Gasteiger partial charge in [0.25, 0.3) is 7.82 Å². The molecule has 9 nitrogen and oxygen atoms in total. The van der Waals surface area contributed by atoms with Gasteiger partial charge >= 0.3 is 11.9 Å². The Morgan fingerprint density at radius 3 is 1.11 bits per heavy atom. The van der Waals surface area contributed by atoms with Gasteiger partial charge in [-0.2, -0.15) is 0 Å². The molecule has 0 aliphatic heterocycles. The lowest BCUT2D eigenvalue weighted by Crippen LogP contribution is -2.37. The number of carbonyl (C=O) groups is 2. The molecule has 0 N–H and O–H groups in total. The van der Waals surface area contributed by atoms with Crippen LogP contribution in [0.5, 0.6) is 0 Å². The van der Waals surface area contributed by atoms with Crippen LogP contribution in [0.2, 0.25) is 0 Å². The molecule has 408 valence electrons. The Hall–Kier alpha value is -3.85. The predicted octanol–water partition coefficient (Wildman–Crippen LogP) is 16.7. The van der Waals surface area contributed by atoms with E-state index in [4.69, 9.17) is 18.5 Å². The van der Waals surface area contributed by atoms with E-state index in [-0.39, 0.29) is 26.1 Å². The number of allylic oxidation sites excluding steroid dienone is 22. The molecule has 2 atom stereocenters. The van der Waals surface area contributed by atoms with E-state index >= 15 is 0 Å². The largest absolute Gasteiger partial charge is 0.756 e. The third kappa shape index (κ3) is 55.5. The van der Waals surface area contributed by atoms with Crippen molar-refractivity contribution in [3.8, 4) is 0 Å². The molecule has 0 radical (unpaired) electrons. The van der Waals surface area contributed by atoms with Crippen LogP contribution in [-0.4, -0.2) is 70.0 Å². The van der Waals surface area contributed by atoms with E-state index in [0.717, 1.165) is 122 Å². The Morgan fingerprint density at radius 1 is 0.431 bits per heavy atom. The Bertz CT molecular complexity index is 1670. The second-order valence-corrected chi connectivity index (χ2v) is 20.6. The zero-order valence-corrected chi connectivity index (χ0v) is 47.0. The molecule has 0 amide bonds. The Kier molecular flexibility index (Phi) is 49.2. The first-order valence-electron chi connectivity index (χ1n) is 27.9. The number of carbonyl (C=O) groups excluding carboxylic acids is 2. The average Bonchev–Trinajstić information content (AvgIpc) is 3.34. The summed E-state index contributed by atoms with van der Waals surface area (Å²) in [4.78, 5) is 37.8. The number of hydrogen-bond donors (Lipinski definition) is 0. The number of nitrogens with zero attached hydrogens (tertiary/aromatic N) is 1. The number of hydrogen-bond acceptors (Lipinski definition) is 8. The third-order valence-corrected chi connectivity index (χ3v) is 12.1. The normalized spacial score (nSPS) is 14.4. The predicted molar refractivity (Wildman–Crippen MR) is 304 cm³/mol. The number of phosphoric ester groups is 1. The summed E-state index contributed by atoms with van der Waals surface area (Å²) in [5.41, 5.74) is 0. The van der Waals surface area contributed by atoms with E-state index in [2.05, 4.69) is 148 Å². The van der Waals surface area contributed by atoms with E-state index in [0.29, 0.717) is 23.9 Å². The van der Waals surface area contributed by atoms with Crippen molar-refractivity contribution in [3.05, 3.63) is 134 Å². The molecule has 0 spiro atoms. The molecule has 0 saturated carbocycles. The Balaban J connectivity index is 4.24. The van der Waals surface area contributed by atoms with Crippen molar-refractivity contribution >= 4 is 19.8 Å². The van der Waals surface area contributed by atoms with Crippen LogP contribution in [0.4, 0.5) is 0 Å². The quantitative estimate of drug-likeness (QED) is 0.0195. The lowest BCUT2D eigenvalue weighted by atomic mass is 10.1. The highest BCUT2D eigenvalue weighted by atomic mass is 31.2. The van der Waals surface area contributed by atoms with Gasteiger partial charge in [0.05, 0.1) is 27.7 Å². The number of esters is 2. The van der Waals surface area contributed by atoms with Crippen molar-refractivity contribution in [2.24, 2.45) is 0 Å². The molecular weight excluding hydrogens is 918 g/mol. The van der Waals surface area contributed by atoms with Gasteiger partial charge in [-0.15, -0.1) is 0 Å². The maximum absolute atomic E-state index is 12.8. The number of ether oxygens (including phenoxy) is 2. The van der Waals surface area contributed by atoms with Gasteiger partial charge in [-0.3, -0.25) is 14.2 Å². The maximum Gasteiger partial charge on any atom is 0.306 e. The molecule has 0 aliphatic carbocycles. The van der Waals surface area contributed by atoms with Crippen LogP contribution < -0.4 is 4.89 Å². The van der Waals surface area contributed by atoms with Crippen molar-refractivity contribution in [1.82, 2.24) is 0 Å². The lowest BCUT2D eigenvalue weighted by molar-refractivity contribution is -0.870. The maximum atomic E-state index is 12.8. The minimum atomic E-state index is -4.65. The lowest BCUT2D eigenvalue weighted by Gasteiger charge is -2.28. The molecule has 0 saturated heterocycles. The summed E-state index contributed by atoms with van der Waals surface area (Å²) in [6, 6.07) is 0. The minimum absolute atomic E-state index is 0.0440. The monoisotopic (exact) mass is 1020 g/mol. The van der Waals surface area contributed by atoms with Gasteiger partial charge in [0.1, 0.15) is 19.8 Å². The van der Waals surface area contributed by atoms with Gasteiger partial charge in [0, 0.05) is 12.8 Å². The van der Waals surface area contributed by atoms with Crippen LogP contribution in [0.15, 0.2) is 134 Å². The molecule has 2 unspecified atom stereocenters. The molecule has 0 aliphatic rings. The van der Waals surface area contributed by atoms with Crippen molar-refractivity contribution in [2.45, 2.75) is 200 Å². The van der Waals surface area contributed by atoms with Crippen molar-refractivity contribution < 1.29 is 42.1 Å². The molecule has 72 heavy (non-hydrogen) atoms. The molecule has 10 heteroatoms. The average molecular weight is 1020 g/mol. The highest BCUT2D eigenvalue weighted by Gasteiger charge is 2.21. The summed E-state index contributed by atoms with van der Waals surface area (Å²) >= 11 is 0. The first-order valence-corrected chi connectivity index (χ1v) is 29.4. The molecule has 0 rings (SSSR count). The van der Waals surface area contributed by atoms with Crippen LogP contribution in [0.1, 0.15) is 194 Å². The summed E-state index contributed by atoms with van der Waals surface area (Å²) in [6.07, 6.45) is 74.9. The topological polar surface area (TPSA) is 111 Å². The van der Waals surface area contributed by atoms with Crippen LogP contribution in [0.25, 0.3) is 0 Å². The summed E-state index contributed by atoms with van der Waals surface area (Å²) < 4.78 is 34.1. The first-order chi connectivity index (χ1) is 35.0. The van der Waals surface area contributed by atoms with Gasteiger partial charge in [0.2, 0.25) is 0 Å². The van der Waals surface area contributed by atoms with Crippen molar-refractivity contribution in [1.29, 1.82) is 0 Å². The Labute approximate surface area is 441 Å². The third-order valence-electron chi connectivity index (χ3n) is 11.2. The molecule has 0 aromatic heterocycles. The van der Waals surface area contributed by atoms with E-state index < -0.39 is 32.5 Å². The number of rotatable bonds is 49. The standard InChI is InChI=1S/C62H102NO8P/c1-6-8-10-12-14-16-18-20-22-24-25-26-27-28-29-30-31-32-33-34-35-36-37-39-41-43-45-47-49-51-53-55-62(65)71-60(59-70-72(66,67)69-57-56-63(3,4)5)58-68-61(64)54-52-50-48-46-44-42-40-38-23-21-19-17-15-13-11-9-7-2/h8-11,14-17,20-23,25-26,28-29,31-32,34-35,40,42,60H,6-7,12-13,18-19,24,27,30,33,36-39,41,43-59H2,1-5H3/b10-8-,11-9-,16-14-,17-15-,22-20-,23-21-,26-25-,29-28-,32-31-,35-34-,42-40-. The van der Waals surface area contributed by atoms with Crippen LogP contribution in [0, 0.1) is 0 Å². The minimum Gasteiger partial charge on any atom is -0.756 e. The fraction of sp³-hybridized carbons (Fsp3) is 0.613. The van der Waals surface area contributed by atoms with Gasteiger partial charge in [-0.25, -0.2) is 0 Å². The van der Waals surface area contributed by atoms with Crippen LogP contribution >= 0.6 is 7.82 Å². The number of quaternary nitrogens is 1. The molecule has 0 bridgehead atoms. The van der Waals surface area contributed by atoms with Gasteiger partial charge in [-0.1, -0.05) is 205 Å². The zero-order valence-electron chi connectivity index (χ0n) is 46.1. The Morgan fingerprint density at radius 2 is 0.750 bits per heavy atom. The van der Waals surface area contributed by atoms with Crippen LogP contribution in [0.3, 0.4) is 0 Å². The highest BCUT2D eigenvalue weighted by molar-refractivity contribution is 7.45. The number of likely N-dealkylation sites (N-methyl/N-ethyl adjacent to an activating group) is 1. The van der Waals surface area contributed by atoms with Gasteiger partial charge < -0.3 is 27.9 Å². The summed E-state index contributed by atoms with van der Waals surface area (Å²) in [7, 11) is 1.12. The SMILES string of the molecule is CC/C=C\C/C=C\C/C=C\C/C=C\C/C=C\C/C=C\C/C=C\CCCCCCCCCCCC(=O)OC(COC(=O)CCCCCC/C=C\C/C=C\C/C=C\C/C=C\CC)COP(=O)([O-])OCC[N+](C)(C)C. The summed E-state index contributed by atoms with van der Waals surface area (Å²) in [5.74, 6) is -0.880. The summed E-state index contributed by atoms with van der Waals surface area (Å²) in [5, 5.41) is 0. The second-order valence-electron chi connectivity index (χ2n) is 19.2. The van der Waals surface area contributed by atoms with E-state index in [1.54, 1.807) is 0 Å². The number of phosphoric acid groups is 1. The number of unbranched alkanes of at least 4 members (excludes halogenated alkanes) is 13. The molecule has 0 fully saturated rings. The van der Waals surface area contributed by atoms with Crippen LogP contribution in [-0.2, 0) is 32.7 Å². The van der Waals surface area contributed by atoms with Crippen molar-refractivity contribution in [2.75, 3.05) is 47.5 Å². The smallest absolute Gasteiger partial charge is 0.306 e. The van der Waals surface area contributed by atoms with E-state index in [1.807, 2.05) is 21.1 Å². The highest BCUT2D eigenvalue weighted by Crippen LogP contribution is 2.38. The second kappa shape index (κ2) is 52.0. The molecule has 0 heterocycles. The van der Waals surface area contributed by atoms with Gasteiger partial charge in [-0.05, 0) is 109 Å².